The minimum atomic E-state index is -4.54. The molecular formula is C26H22ClF3N4O3S. The number of methoxy groups -OCH3 is 1. The zero-order valence-electron chi connectivity index (χ0n) is 20.3. The second kappa shape index (κ2) is 11.8. The van der Waals surface area contributed by atoms with Crippen LogP contribution in [0.5, 0.6) is 11.5 Å². The number of hydrogen-bond acceptors (Lipinski definition) is 6. The van der Waals surface area contributed by atoms with Gasteiger partial charge in [-0.05, 0) is 67.1 Å². The normalized spacial score (nSPS) is 11.3. The lowest BCUT2D eigenvalue weighted by Gasteiger charge is -2.14. The second-order valence-electron chi connectivity index (χ2n) is 8.05. The molecule has 38 heavy (non-hydrogen) atoms. The summed E-state index contributed by atoms with van der Waals surface area (Å²) in [5.74, 6) is 1.00. The van der Waals surface area contributed by atoms with Crippen LogP contribution in [0.2, 0.25) is 5.02 Å². The minimum Gasteiger partial charge on any atom is -0.497 e. The monoisotopic (exact) mass is 562 g/mol. The molecule has 0 radical (unpaired) electrons. The number of benzene rings is 3. The highest BCUT2D eigenvalue weighted by Crippen LogP contribution is 2.32. The maximum absolute atomic E-state index is 13.4. The molecule has 12 heteroatoms. The van der Waals surface area contributed by atoms with Crippen LogP contribution in [0.3, 0.4) is 0 Å². The number of thioether (sulfide) groups is 1. The molecule has 0 bridgehead atoms. The first-order valence-electron chi connectivity index (χ1n) is 11.2. The molecule has 4 aromatic rings. The SMILES string of the molecule is COc1ccc(OCc2nnc(SCC(=O)Nc3ccc(C)c(Cl)c3)n2-c2cccc(C(F)(F)F)c2)cc1. The second-order valence-corrected chi connectivity index (χ2v) is 9.40. The molecule has 0 aliphatic heterocycles. The van der Waals surface area contributed by atoms with Crippen LogP contribution in [-0.4, -0.2) is 33.5 Å². The molecule has 198 valence electrons. The molecule has 0 spiro atoms. The number of anilines is 1. The van der Waals surface area contributed by atoms with Crippen LogP contribution in [0.4, 0.5) is 18.9 Å². The maximum atomic E-state index is 13.4. The van der Waals surface area contributed by atoms with Gasteiger partial charge in [0.05, 0.1) is 24.1 Å². The highest BCUT2D eigenvalue weighted by atomic mass is 35.5. The predicted octanol–water partition coefficient (Wildman–Crippen LogP) is 6.57. The van der Waals surface area contributed by atoms with Crippen LogP contribution >= 0.6 is 23.4 Å². The summed E-state index contributed by atoms with van der Waals surface area (Å²) in [6.07, 6.45) is -4.54. The standard InChI is InChI=1S/C26H22ClF3N4O3S/c1-16-6-7-18(13-22(16)27)31-24(35)15-38-25-33-32-23(14-37-21-10-8-20(36-2)9-11-21)34(25)19-5-3-4-17(12-19)26(28,29)30/h3-13H,14-15H2,1-2H3,(H,31,35). The molecule has 0 unspecified atom stereocenters. The van der Waals surface area contributed by atoms with Crippen molar-refractivity contribution in [3.8, 4) is 17.2 Å². The molecule has 3 aromatic carbocycles. The Hall–Kier alpha value is -3.70. The molecule has 1 N–H and O–H groups in total. The Morgan fingerprint density at radius 2 is 1.79 bits per heavy atom. The Kier molecular flexibility index (Phi) is 8.48. The van der Waals surface area contributed by atoms with Gasteiger partial charge >= 0.3 is 6.18 Å². The number of carbonyl (C=O) groups is 1. The predicted molar refractivity (Wildman–Crippen MR) is 139 cm³/mol. The number of halogens is 4. The van der Waals surface area contributed by atoms with E-state index < -0.39 is 11.7 Å². The number of aromatic nitrogens is 3. The van der Waals surface area contributed by atoms with Crippen molar-refractivity contribution in [1.29, 1.82) is 0 Å². The molecule has 0 saturated heterocycles. The van der Waals surface area contributed by atoms with Crippen LogP contribution in [-0.2, 0) is 17.6 Å². The summed E-state index contributed by atoms with van der Waals surface area (Å²) in [5.41, 5.74) is 0.763. The molecule has 0 fully saturated rings. The molecular weight excluding hydrogens is 541 g/mol. The number of hydrogen-bond donors (Lipinski definition) is 1. The number of aryl methyl sites for hydroxylation is 1. The van der Waals surface area contributed by atoms with E-state index in [2.05, 4.69) is 15.5 Å². The van der Waals surface area contributed by atoms with Crippen molar-refractivity contribution < 1.29 is 27.4 Å². The third-order valence-corrected chi connectivity index (χ3v) is 6.68. The molecule has 0 saturated carbocycles. The third-order valence-electron chi connectivity index (χ3n) is 5.35. The molecule has 7 nitrogen and oxygen atoms in total. The van der Waals surface area contributed by atoms with Crippen molar-refractivity contribution >= 4 is 35.0 Å². The minimum absolute atomic E-state index is 0.0675. The summed E-state index contributed by atoms with van der Waals surface area (Å²) in [5, 5.41) is 11.7. The van der Waals surface area contributed by atoms with E-state index in [1.165, 1.54) is 16.7 Å². The molecule has 0 aliphatic carbocycles. The molecule has 1 heterocycles. The van der Waals surface area contributed by atoms with Gasteiger partial charge in [-0.25, -0.2) is 0 Å². The largest absolute Gasteiger partial charge is 0.497 e. The number of amides is 1. The van der Waals surface area contributed by atoms with Crippen molar-refractivity contribution in [2.45, 2.75) is 24.9 Å². The molecule has 0 aliphatic rings. The highest BCUT2D eigenvalue weighted by Gasteiger charge is 2.31. The zero-order valence-corrected chi connectivity index (χ0v) is 21.8. The summed E-state index contributed by atoms with van der Waals surface area (Å²) in [4.78, 5) is 12.6. The van der Waals surface area contributed by atoms with E-state index in [1.54, 1.807) is 49.6 Å². The molecule has 1 amide bonds. The fraction of sp³-hybridized carbons (Fsp3) is 0.192. The summed E-state index contributed by atoms with van der Waals surface area (Å²) >= 11 is 7.15. The van der Waals surface area contributed by atoms with Gasteiger partial charge in [0.25, 0.3) is 0 Å². The van der Waals surface area contributed by atoms with Crippen LogP contribution in [0, 0.1) is 6.92 Å². The van der Waals surface area contributed by atoms with E-state index in [9.17, 15) is 18.0 Å². The van der Waals surface area contributed by atoms with E-state index in [4.69, 9.17) is 21.1 Å². The van der Waals surface area contributed by atoms with E-state index in [-0.39, 0.29) is 34.9 Å². The number of ether oxygens (including phenoxy) is 2. The van der Waals surface area contributed by atoms with Gasteiger partial charge in [-0.1, -0.05) is 35.5 Å². The van der Waals surface area contributed by atoms with Crippen molar-refractivity contribution in [2.75, 3.05) is 18.2 Å². The van der Waals surface area contributed by atoms with Gasteiger partial charge < -0.3 is 14.8 Å². The number of rotatable bonds is 9. The number of nitrogens with one attached hydrogen (secondary N) is 1. The van der Waals surface area contributed by atoms with E-state index in [0.29, 0.717) is 22.2 Å². The lowest BCUT2D eigenvalue weighted by Crippen LogP contribution is -2.15. The van der Waals surface area contributed by atoms with Gasteiger partial charge in [-0.15, -0.1) is 10.2 Å². The average Bonchev–Trinajstić information content (AvgIpc) is 3.31. The van der Waals surface area contributed by atoms with Gasteiger partial charge in [0.2, 0.25) is 5.91 Å². The first kappa shape index (κ1) is 27.3. The van der Waals surface area contributed by atoms with E-state index in [0.717, 1.165) is 29.5 Å². The number of alkyl halides is 3. The average molecular weight is 563 g/mol. The number of nitrogens with zero attached hydrogens (tertiary/aromatic N) is 3. The van der Waals surface area contributed by atoms with Crippen LogP contribution in [0.25, 0.3) is 5.69 Å². The maximum Gasteiger partial charge on any atom is 0.416 e. The van der Waals surface area contributed by atoms with Crippen LogP contribution < -0.4 is 14.8 Å². The Balaban J connectivity index is 1.56. The van der Waals surface area contributed by atoms with E-state index in [1.807, 2.05) is 6.92 Å². The van der Waals surface area contributed by atoms with Gasteiger partial charge in [0, 0.05) is 10.7 Å². The fourth-order valence-electron chi connectivity index (χ4n) is 3.39. The van der Waals surface area contributed by atoms with Crippen LogP contribution in [0.1, 0.15) is 17.0 Å². The summed E-state index contributed by atoms with van der Waals surface area (Å²) in [6.45, 7) is 1.77. The smallest absolute Gasteiger partial charge is 0.416 e. The van der Waals surface area contributed by atoms with Crippen molar-refractivity contribution in [3.63, 3.8) is 0 Å². The Labute approximate surface area is 225 Å². The van der Waals surface area contributed by atoms with Crippen molar-refractivity contribution in [2.24, 2.45) is 0 Å². The lowest BCUT2D eigenvalue weighted by atomic mass is 10.2. The molecule has 4 rings (SSSR count). The summed E-state index contributed by atoms with van der Waals surface area (Å²) in [6, 6.07) is 16.8. The Morgan fingerprint density at radius 3 is 2.47 bits per heavy atom. The lowest BCUT2D eigenvalue weighted by molar-refractivity contribution is -0.137. The topological polar surface area (TPSA) is 78.3 Å². The highest BCUT2D eigenvalue weighted by molar-refractivity contribution is 7.99. The molecule has 1 aromatic heterocycles. The molecule has 0 atom stereocenters. The van der Waals surface area contributed by atoms with Crippen molar-refractivity contribution in [3.05, 3.63) is 88.7 Å². The van der Waals surface area contributed by atoms with Gasteiger partial charge in [0.15, 0.2) is 11.0 Å². The van der Waals surface area contributed by atoms with Gasteiger partial charge in [-0.3, -0.25) is 9.36 Å². The van der Waals surface area contributed by atoms with Gasteiger partial charge in [0.1, 0.15) is 18.1 Å². The summed E-state index contributed by atoms with van der Waals surface area (Å²) < 4.78 is 52.6. The summed E-state index contributed by atoms with van der Waals surface area (Å²) in [7, 11) is 1.54. The van der Waals surface area contributed by atoms with Crippen LogP contribution in [0.15, 0.2) is 71.9 Å². The zero-order chi connectivity index (χ0) is 27.3. The van der Waals surface area contributed by atoms with Crippen molar-refractivity contribution in [1.82, 2.24) is 14.8 Å². The quantitative estimate of drug-likeness (QED) is 0.233. The fourth-order valence-corrected chi connectivity index (χ4v) is 4.34. The van der Waals surface area contributed by atoms with Gasteiger partial charge in [-0.2, -0.15) is 13.2 Å². The Bertz CT molecular complexity index is 1430. The number of carbonyl (C=O) groups excluding carboxylic acids is 1. The first-order valence-corrected chi connectivity index (χ1v) is 12.6. The Morgan fingerprint density at radius 1 is 1.05 bits per heavy atom. The first-order chi connectivity index (χ1) is 18.1. The van der Waals surface area contributed by atoms with E-state index >= 15 is 0 Å². The third kappa shape index (κ3) is 6.78.